The quantitative estimate of drug-likeness (QED) is 0.795. The summed E-state index contributed by atoms with van der Waals surface area (Å²) < 4.78 is 5.52. The van der Waals surface area contributed by atoms with Crippen molar-refractivity contribution in [1.82, 2.24) is 15.5 Å². The number of nitrogens with zero attached hydrogens (tertiary/aromatic N) is 1. The van der Waals surface area contributed by atoms with Crippen molar-refractivity contribution >= 4 is 18.3 Å². The van der Waals surface area contributed by atoms with Crippen molar-refractivity contribution in [3.63, 3.8) is 0 Å². The summed E-state index contributed by atoms with van der Waals surface area (Å²) in [5.41, 5.74) is 1.15. The molecular weight excluding hydrogens is 350 g/mol. The molecule has 0 spiro atoms. The highest BCUT2D eigenvalue weighted by molar-refractivity contribution is 5.85. The van der Waals surface area contributed by atoms with E-state index in [2.05, 4.69) is 21.6 Å². The second-order valence-corrected chi connectivity index (χ2v) is 7.24. The van der Waals surface area contributed by atoms with Gasteiger partial charge in [0.25, 0.3) is 0 Å². The van der Waals surface area contributed by atoms with Gasteiger partial charge in [0, 0.05) is 31.7 Å². The maximum atomic E-state index is 12.5. The van der Waals surface area contributed by atoms with Crippen molar-refractivity contribution in [2.75, 3.05) is 39.8 Å². The third-order valence-corrected chi connectivity index (χ3v) is 5.51. The largest absolute Gasteiger partial charge is 0.496 e. The Bertz CT molecular complexity index is 564. The van der Waals surface area contributed by atoms with E-state index in [1.54, 1.807) is 7.11 Å². The van der Waals surface area contributed by atoms with Crippen molar-refractivity contribution in [3.8, 4) is 5.75 Å². The summed E-state index contributed by atoms with van der Waals surface area (Å²) in [6, 6.07) is 8.28. The van der Waals surface area contributed by atoms with Crippen LogP contribution in [-0.4, -0.2) is 50.6 Å². The highest BCUT2D eigenvalue weighted by atomic mass is 35.5. The van der Waals surface area contributed by atoms with Crippen LogP contribution in [0.5, 0.6) is 5.75 Å². The van der Waals surface area contributed by atoms with Crippen LogP contribution in [0.3, 0.4) is 0 Å². The molecule has 0 radical (unpaired) electrons. The molecule has 1 saturated carbocycles. The lowest BCUT2D eigenvalue weighted by Crippen LogP contribution is -2.50. The third kappa shape index (κ3) is 5.60. The second kappa shape index (κ2) is 10.8. The number of hydrogen-bond acceptors (Lipinski definition) is 4. The summed E-state index contributed by atoms with van der Waals surface area (Å²) in [4.78, 5) is 14.7. The SMILES string of the molecule is COc1ccccc1C1CNCCN1CC(=O)NCC1CCCCC1.Cl. The lowest BCUT2D eigenvalue weighted by molar-refractivity contribution is -0.123. The lowest BCUT2D eigenvalue weighted by Gasteiger charge is -2.36. The Hall–Kier alpha value is -1.30. The van der Waals surface area contributed by atoms with Gasteiger partial charge in [0.15, 0.2) is 0 Å². The van der Waals surface area contributed by atoms with Crippen LogP contribution >= 0.6 is 12.4 Å². The fourth-order valence-electron chi connectivity index (χ4n) is 4.07. The number of carbonyl (C=O) groups is 1. The van der Waals surface area contributed by atoms with E-state index in [1.165, 1.54) is 32.1 Å². The van der Waals surface area contributed by atoms with Gasteiger partial charge >= 0.3 is 0 Å². The molecule has 1 aromatic rings. The molecule has 1 heterocycles. The van der Waals surface area contributed by atoms with Crippen molar-refractivity contribution < 1.29 is 9.53 Å². The van der Waals surface area contributed by atoms with Crippen LogP contribution in [0, 0.1) is 5.92 Å². The van der Waals surface area contributed by atoms with Crippen molar-refractivity contribution in [3.05, 3.63) is 29.8 Å². The number of methoxy groups -OCH3 is 1. The number of halogens is 1. The Balaban J connectivity index is 0.00000243. The van der Waals surface area contributed by atoms with Gasteiger partial charge in [-0.25, -0.2) is 0 Å². The maximum absolute atomic E-state index is 12.5. The molecule has 5 nitrogen and oxygen atoms in total. The number of ether oxygens (including phenoxy) is 1. The van der Waals surface area contributed by atoms with E-state index >= 15 is 0 Å². The molecule has 1 amide bonds. The van der Waals surface area contributed by atoms with Gasteiger partial charge in [-0.05, 0) is 24.8 Å². The van der Waals surface area contributed by atoms with E-state index in [9.17, 15) is 4.79 Å². The zero-order valence-corrected chi connectivity index (χ0v) is 16.5. The van der Waals surface area contributed by atoms with Crippen molar-refractivity contribution in [2.24, 2.45) is 5.92 Å². The Kier molecular flexibility index (Phi) is 8.69. The predicted octanol–water partition coefficient (Wildman–Crippen LogP) is 2.76. The average Bonchev–Trinajstić information content (AvgIpc) is 2.67. The van der Waals surface area contributed by atoms with Gasteiger partial charge in [0.05, 0.1) is 19.7 Å². The summed E-state index contributed by atoms with van der Waals surface area (Å²) in [6.07, 6.45) is 6.50. The zero-order valence-electron chi connectivity index (χ0n) is 15.7. The molecule has 1 aliphatic heterocycles. The normalized spacial score (nSPS) is 21.7. The first-order valence-electron chi connectivity index (χ1n) is 9.62. The van der Waals surface area contributed by atoms with E-state index in [1.807, 2.05) is 18.2 Å². The molecule has 3 rings (SSSR count). The van der Waals surface area contributed by atoms with Crippen molar-refractivity contribution in [1.29, 1.82) is 0 Å². The third-order valence-electron chi connectivity index (χ3n) is 5.51. The molecule has 26 heavy (non-hydrogen) atoms. The number of piperazine rings is 1. The molecule has 1 saturated heterocycles. The molecule has 1 aliphatic carbocycles. The Labute approximate surface area is 163 Å². The standard InChI is InChI=1S/C20H31N3O2.ClH/c1-25-19-10-6-5-9-17(19)18-14-21-11-12-23(18)15-20(24)22-13-16-7-3-2-4-8-16;/h5-6,9-10,16,18,21H,2-4,7-8,11-15H2,1H3,(H,22,24);1H. The average molecular weight is 382 g/mol. The number of carbonyl (C=O) groups excluding carboxylic acids is 1. The molecule has 0 bridgehead atoms. The van der Waals surface area contributed by atoms with Gasteiger partial charge in [-0.1, -0.05) is 37.5 Å². The Morgan fingerprint density at radius 1 is 1.27 bits per heavy atom. The highest BCUT2D eigenvalue weighted by Gasteiger charge is 2.27. The van der Waals surface area contributed by atoms with E-state index in [0.717, 1.165) is 37.5 Å². The van der Waals surface area contributed by atoms with Crippen LogP contribution in [0.4, 0.5) is 0 Å². The van der Waals surface area contributed by atoms with Crippen LogP contribution in [0.25, 0.3) is 0 Å². The van der Waals surface area contributed by atoms with Crippen LogP contribution < -0.4 is 15.4 Å². The molecule has 146 valence electrons. The molecule has 6 heteroatoms. The summed E-state index contributed by atoms with van der Waals surface area (Å²) in [5.74, 6) is 1.71. The lowest BCUT2D eigenvalue weighted by atomic mass is 9.89. The van der Waals surface area contributed by atoms with Crippen molar-refractivity contribution in [2.45, 2.75) is 38.1 Å². The fraction of sp³-hybridized carbons (Fsp3) is 0.650. The van der Waals surface area contributed by atoms with Crippen LogP contribution in [-0.2, 0) is 4.79 Å². The summed E-state index contributed by atoms with van der Waals surface area (Å²) in [5, 5.41) is 6.61. The monoisotopic (exact) mass is 381 g/mol. The summed E-state index contributed by atoms with van der Waals surface area (Å²) >= 11 is 0. The Morgan fingerprint density at radius 3 is 2.81 bits per heavy atom. The minimum absolute atomic E-state index is 0. The van der Waals surface area contributed by atoms with Gasteiger partial charge in [0.1, 0.15) is 5.75 Å². The number of para-hydroxylation sites is 1. The molecule has 1 unspecified atom stereocenters. The minimum atomic E-state index is 0. The molecule has 2 aliphatic rings. The first-order chi connectivity index (χ1) is 12.3. The first kappa shape index (κ1) is 21.0. The van der Waals surface area contributed by atoms with Gasteiger partial charge in [-0.2, -0.15) is 0 Å². The molecule has 1 atom stereocenters. The maximum Gasteiger partial charge on any atom is 0.234 e. The molecule has 2 N–H and O–H groups in total. The smallest absolute Gasteiger partial charge is 0.234 e. The van der Waals surface area contributed by atoms with Crippen LogP contribution in [0.2, 0.25) is 0 Å². The number of rotatable bonds is 6. The molecule has 0 aromatic heterocycles. The van der Waals surface area contributed by atoms with E-state index < -0.39 is 0 Å². The van der Waals surface area contributed by atoms with Crippen LogP contribution in [0.1, 0.15) is 43.7 Å². The van der Waals surface area contributed by atoms with Gasteiger partial charge in [0.2, 0.25) is 5.91 Å². The number of hydrogen-bond donors (Lipinski definition) is 2. The van der Waals surface area contributed by atoms with Gasteiger partial charge in [-0.3, -0.25) is 9.69 Å². The number of benzene rings is 1. The van der Waals surface area contributed by atoms with E-state index in [0.29, 0.717) is 12.5 Å². The topological polar surface area (TPSA) is 53.6 Å². The van der Waals surface area contributed by atoms with Gasteiger partial charge in [-0.15, -0.1) is 12.4 Å². The minimum Gasteiger partial charge on any atom is -0.496 e. The number of amides is 1. The predicted molar refractivity (Wildman–Crippen MR) is 107 cm³/mol. The second-order valence-electron chi connectivity index (χ2n) is 7.24. The highest BCUT2D eigenvalue weighted by Crippen LogP contribution is 2.30. The van der Waals surface area contributed by atoms with Gasteiger partial charge < -0.3 is 15.4 Å². The molecule has 2 fully saturated rings. The van der Waals surface area contributed by atoms with E-state index in [4.69, 9.17) is 4.74 Å². The first-order valence-corrected chi connectivity index (χ1v) is 9.62. The van der Waals surface area contributed by atoms with Crippen LogP contribution in [0.15, 0.2) is 24.3 Å². The number of nitrogens with one attached hydrogen (secondary N) is 2. The summed E-state index contributed by atoms with van der Waals surface area (Å²) in [6.45, 7) is 3.93. The zero-order chi connectivity index (χ0) is 17.5. The summed E-state index contributed by atoms with van der Waals surface area (Å²) in [7, 11) is 1.70. The fourth-order valence-corrected chi connectivity index (χ4v) is 4.07. The molecular formula is C20H32ClN3O2. The van der Waals surface area contributed by atoms with E-state index in [-0.39, 0.29) is 24.4 Å². The molecule has 1 aromatic carbocycles. The Morgan fingerprint density at radius 2 is 2.04 bits per heavy atom.